The first-order valence-electron chi connectivity index (χ1n) is 6.20. The van der Waals surface area contributed by atoms with E-state index in [1.807, 2.05) is 19.1 Å². The molecule has 1 amide bonds. The normalized spacial score (nSPS) is 10.7. The third-order valence-corrected chi connectivity index (χ3v) is 2.74. The van der Waals surface area contributed by atoms with Crippen molar-refractivity contribution in [2.45, 2.75) is 13.8 Å². The van der Waals surface area contributed by atoms with Gasteiger partial charge in [0.25, 0.3) is 5.56 Å². The molecule has 102 valence electrons. The van der Waals surface area contributed by atoms with Gasteiger partial charge in [-0.05, 0) is 37.6 Å². The van der Waals surface area contributed by atoms with E-state index < -0.39 is 0 Å². The predicted octanol–water partition coefficient (Wildman–Crippen LogP) is 2.26. The number of carbonyl (C=O) groups is 1. The molecule has 0 saturated carbocycles. The van der Waals surface area contributed by atoms with Crippen LogP contribution in [0.25, 0.3) is 11.3 Å². The number of rotatable bonds is 3. The Balaban J connectivity index is 2.23. The number of hydrogen-bond acceptors (Lipinski definition) is 3. The summed E-state index contributed by atoms with van der Waals surface area (Å²) in [5.74, 6) is -0.168. The second-order valence-corrected chi connectivity index (χ2v) is 4.33. The Labute approximate surface area is 116 Å². The van der Waals surface area contributed by atoms with E-state index in [1.54, 1.807) is 25.1 Å². The summed E-state index contributed by atoms with van der Waals surface area (Å²) < 4.78 is 0. The van der Waals surface area contributed by atoms with E-state index in [9.17, 15) is 9.59 Å². The largest absolute Gasteiger partial charge is 0.323 e. The molecule has 2 aromatic rings. The number of allylic oxidation sites excluding steroid dienone is 1. The Morgan fingerprint density at radius 1 is 1.30 bits per heavy atom. The number of benzene rings is 1. The average Bonchev–Trinajstić information content (AvgIpc) is 2.40. The lowest BCUT2D eigenvalue weighted by Crippen LogP contribution is -2.09. The Kier molecular flexibility index (Phi) is 4.10. The predicted molar refractivity (Wildman–Crippen MR) is 78.5 cm³/mol. The number of anilines is 1. The minimum absolute atomic E-state index is 0.168. The Morgan fingerprint density at radius 2 is 2.00 bits per heavy atom. The van der Waals surface area contributed by atoms with E-state index in [0.29, 0.717) is 5.69 Å². The highest BCUT2D eigenvalue weighted by Crippen LogP contribution is 2.21. The number of aryl methyl sites for hydroxylation is 1. The molecule has 1 heterocycles. The molecule has 2 rings (SSSR count). The summed E-state index contributed by atoms with van der Waals surface area (Å²) in [5, 5.41) is 9.19. The highest BCUT2D eigenvalue weighted by molar-refractivity contribution is 5.99. The van der Waals surface area contributed by atoms with Crippen LogP contribution in [-0.4, -0.2) is 16.1 Å². The second-order valence-electron chi connectivity index (χ2n) is 4.33. The number of H-pyrrole nitrogens is 1. The van der Waals surface area contributed by atoms with Crippen molar-refractivity contribution in [2.24, 2.45) is 0 Å². The Hall–Kier alpha value is -2.69. The SMILES string of the molecule is CC=CC(=O)Nc1ccc(-c2n[nH]c(=O)cc2C)cc1. The molecule has 20 heavy (non-hydrogen) atoms. The van der Waals surface area contributed by atoms with Crippen molar-refractivity contribution < 1.29 is 4.79 Å². The molecule has 2 N–H and O–H groups in total. The van der Waals surface area contributed by atoms with Crippen molar-refractivity contribution in [1.29, 1.82) is 0 Å². The van der Waals surface area contributed by atoms with Crippen LogP contribution in [-0.2, 0) is 4.79 Å². The van der Waals surface area contributed by atoms with Gasteiger partial charge in [-0.2, -0.15) is 5.10 Å². The molecule has 0 fully saturated rings. The fourth-order valence-electron chi connectivity index (χ4n) is 1.84. The van der Waals surface area contributed by atoms with Gasteiger partial charge in [-0.3, -0.25) is 9.59 Å². The summed E-state index contributed by atoms with van der Waals surface area (Å²) in [5.41, 5.74) is 2.89. The molecule has 0 atom stereocenters. The maximum Gasteiger partial charge on any atom is 0.264 e. The van der Waals surface area contributed by atoms with Crippen molar-refractivity contribution in [3.63, 3.8) is 0 Å². The second kappa shape index (κ2) is 5.97. The topological polar surface area (TPSA) is 74.8 Å². The fraction of sp³-hybridized carbons (Fsp3) is 0.133. The Morgan fingerprint density at radius 3 is 2.60 bits per heavy atom. The molecule has 0 radical (unpaired) electrons. The summed E-state index contributed by atoms with van der Waals surface area (Å²) in [7, 11) is 0. The van der Waals surface area contributed by atoms with E-state index in [1.165, 1.54) is 12.1 Å². The van der Waals surface area contributed by atoms with Gasteiger partial charge in [0.05, 0.1) is 5.69 Å². The summed E-state index contributed by atoms with van der Waals surface area (Å²) in [6.07, 6.45) is 3.14. The van der Waals surface area contributed by atoms with Crippen LogP contribution in [0, 0.1) is 6.92 Å². The molecular weight excluding hydrogens is 254 g/mol. The molecule has 5 heteroatoms. The standard InChI is InChI=1S/C15H15N3O2/c1-3-4-13(19)16-12-7-5-11(6-8-12)15-10(2)9-14(20)17-18-15/h3-9H,1-2H3,(H,16,19)(H,17,20). The van der Waals surface area contributed by atoms with Crippen molar-refractivity contribution >= 4 is 11.6 Å². The first-order chi connectivity index (χ1) is 9.60. The van der Waals surface area contributed by atoms with Gasteiger partial charge >= 0.3 is 0 Å². The van der Waals surface area contributed by atoms with Crippen molar-refractivity contribution in [1.82, 2.24) is 10.2 Å². The zero-order valence-corrected chi connectivity index (χ0v) is 11.3. The van der Waals surface area contributed by atoms with E-state index in [-0.39, 0.29) is 11.5 Å². The number of nitrogens with zero attached hydrogens (tertiary/aromatic N) is 1. The first kappa shape index (κ1) is 13.7. The van der Waals surface area contributed by atoms with Gasteiger partial charge in [0.15, 0.2) is 0 Å². The molecule has 0 aliphatic heterocycles. The molecule has 0 aliphatic carbocycles. The zero-order chi connectivity index (χ0) is 14.5. The van der Waals surface area contributed by atoms with E-state index in [4.69, 9.17) is 0 Å². The number of aromatic nitrogens is 2. The van der Waals surface area contributed by atoms with Crippen LogP contribution >= 0.6 is 0 Å². The highest BCUT2D eigenvalue weighted by Gasteiger charge is 2.05. The first-order valence-corrected chi connectivity index (χ1v) is 6.20. The number of hydrogen-bond donors (Lipinski definition) is 2. The van der Waals surface area contributed by atoms with Gasteiger partial charge in [-0.15, -0.1) is 0 Å². The van der Waals surface area contributed by atoms with Crippen LogP contribution in [0.15, 0.2) is 47.3 Å². The van der Waals surface area contributed by atoms with Gasteiger partial charge in [0.2, 0.25) is 5.91 Å². The third kappa shape index (κ3) is 3.20. The number of carbonyl (C=O) groups excluding carboxylic acids is 1. The van der Waals surface area contributed by atoms with Gasteiger partial charge in [-0.25, -0.2) is 5.10 Å². The van der Waals surface area contributed by atoms with Gasteiger partial charge < -0.3 is 5.32 Å². The summed E-state index contributed by atoms with van der Waals surface area (Å²) in [6.45, 7) is 3.62. The molecule has 0 unspecified atom stereocenters. The molecule has 0 saturated heterocycles. The molecule has 5 nitrogen and oxygen atoms in total. The zero-order valence-electron chi connectivity index (χ0n) is 11.3. The van der Waals surface area contributed by atoms with Crippen LogP contribution in [0.1, 0.15) is 12.5 Å². The van der Waals surface area contributed by atoms with E-state index >= 15 is 0 Å². The summed E-state index contributed by atoms with van der Waals surface area (Å²) >= 11 is 0. The Bertz CT molecular complexity index is 700. The molecular formula is C15H15N3O2. The summed E-state index contributed by atoms with van der Waals surface area (Å²) in [4.78, 5) is 22.5. The van der Waals surface area contributed by atoms with Crippen molar-refractivity contribution in [3.8, 4) is 11.3 Å². The average molecular weight is 269 g/mol. The molecule has 1 aromatic carbocycles. The smallest absolute Gasteiger partial charge is 0.264 e. The number of aromatic amines is 1. The summed E-state index contributed by atoms with van der Waals surface area (Å²) in [6, 6.07) is 8.79. The van der Waals surface area contributed by atoms with Gasteiger partial charge in [0, 0.05) is 17.3 Å². The minimum Gasteiger partial charge on any atom is -0.323 e. The monoisotopic (exact) mass is 269 g/mol. The maximum atomic E-state index is 11.4. The van der Waals surface area contributed by atoms with Crippen LogP contribution in [0.5, 0.6) is 0 Å². The molecule has 0 bridgehead atoms. The van der Waals surface area contributed by atoms with Crippen LogP contribution in [0.4, 0.5) is 5.69 Å². The van der Waals surface area contributed by atoms with Crippen LogP contribution < -0.4 is 10.9 Å². The van der Waals surface area contributed by atoms with Gasteiger partial charge in [0.1, 0.15) is 0 Å². The van der Waals surface area contributed by atoms with E-state index in [0.717, 1.165) is 16.8 Å². The third-order valence-electron chi connectivity index (χ3n) is 2.74. The van der Waals surface area contributed by atoms with Crippen LogP contribution in [0.2, 0.25) is 0 Å². The fourth-order valence-corrected chi connectivity index (χ4v) is 1.84. The highest BCUT2D eigenvalue weighted by atomic mass is 16.1. The van der Waals surface area contributed by atoms with Gasteiger partial charge in [-0.1, -0.05) is 18.2 Å². The van der Waals surface area contributed by atoms with Crippen LogP contribution in [0.3, 0.4) is 0 Å². The maximum absolute atomic E-state index is 11.4. The van der Waals surface area contributed by atoms with Crippen molar-refractivity contribution in [3.05, 3.63) is 58.4 Å². The number of amides is 1. The number of nitrogens with one attached hydrogen (secondary N) is 2. The molecule has 0 aliphatic rings. The molecule has 1 aromatic heterocycles. The molecule has 0 spiro atoms. The van der Waals surface area contributed by atoms with E-state index in [2.05, 4.69) is 15.5 Å². The lowest BCUT2D eigenvalue weighted by molar-refractivity contribution is -0.111. The quantitative estimate of drug-likeness (QED) is 0.839. The minimum atomic E-state index is -0.221. The lowest BCUT2D eigenvalue weighted by atomic mass is 10.1. The van der Waals surface area contributed by atoms with Crippen molar-refractivity contribution in [2.75, 3.05) is 5.32 Å². The lowest BCUT2D eigenvalue weighted by Gasteiger charge is -2.06.